The van der Waals surface area contributed by atoms with Crippen molar-refractivity contribution in [1.29, 1.82) is 0 Å². The van der Waals surface area contributed by atoms with Crippen molar-refractivity contribution in [1.82, 2.24) is 0 Å². The SMILES string of the molecule is CC1(C)CC(N)c2cc(Cl)cc(Br)c2O1. The minimum absolute atomic E-state index is 0.0150. The van der Waals surface area contributed by atoms with Crippen molar-refractivity contribution < 1.29 is 4.74 Å². The van der Waals surface area contributed by atoms with Crippen LogP contribution in [-0.4, -0.2) is 5.60 Å². The second-order valence-electron chi connectivity index (χ2n) is 4.48. The normalized spacial score (nSPS) is 23.1. The van der Waals surface area contributed by atoms with E-state index in [-0.39, 0.29) is 11.6 Å². The number of nitrogens with two attached hydrogens (primary N) is 1. The summed E-state index contributed by atoms with van der Waals surface area (Å²) in [5, 5.41) is 0.680. The molecule has 1 aromatic rings. The molecule has 0 saturated heterocycles. The molecule has 4 heteroatoms. The molecule has 1 aliphatic rings. The van der Waals surface area contributed by atoms with Gasteiger partial charge in [0.2, 0.25) is 0 Å². The molecular weight excluding hydrogens is 277 g/mol. The van der Waals surface area contributed by atoms with Crippen molar-refractivity contribution >= 4 is 27.5 Å². The van der Waals surface area contributed by atoms with Gasteiger partial charge < -0.3 is 10.5 Å². The van der Waals surface area contributed by atoms with Crippen LogP contribution in [0.4, 0.5) is 0 Å². The molecule has 1 aromatic carbocycles. The zero-order chi connectivity index (χ0) is 11.2. The lowest BCUT2D eigenvalue weighted by atomic mass is 9.90. The Hall–Kier alpha value is -0.250. The summed E-state index contributed by atoms with van der Waals surface area (Å²) >= 11 is 9.42. The monoisotopic (exact) mass is 289 g/mol. The molecule has 0 amide bonds. The van der Waals surface area contributed by atoms with Crippen LogP contribution in [0.2, 0.25) is 5.02 Å². The van der Waals surface area contributed by atoms with Crippen molar-refractivity contribution in [2.75, 3.05) is 0 Å². The van der Waals surface area contributed by atoms with E-state index in [9.17, 15) is 0 Å². The molecule has 0 aliphatic carbocycles. The van der Waals surface area contributed by atoms with E-state index in [4.69, 9.17) is 22.1 Å². The molecule has 1 aliphatic heterocycles. The molecule has 2 rings (SSSR count). The van der Waals surface area contributed by atoms with E-state index in [1.807, 2.05) is 26.0 Å². The van der Waals surface area contributed by atoms with Crippen LogP contribution in [0.1, 0.15) is 31.9 Å². The van der Waals surface area contributed by atoms with Gasteiger partial charge in [-0.05, 0) is 41.9 Å². The van der Waals surface area contributed by atoms with Crippen LogP contribution in [-0.2, 0) is 0 Å². The van der Waals surface area contributed by atoms with Gasteiger partial charge in [0.15, 0.2) is 0 Å². The van der Waals surface area contributed by atoms with Gasteiger partial charge in [-0.15, -0.1) is 0 Å². The highest BCUT2D eigenvalue weighted by molar-refractivity contribution is 9.10. The Bertz CT molecular complexity index is 406. The topological polar surface area (TPSA) is 35.2 Å². The first kappa shape index (κ1) is 11.2. The average molecular weight is 291 g/mol. The summed E-state index contributed by atoms with van der Waals surface area (Å²) in [6.07, 6.45) is 0.798. The fourth-order valence-corrected chi connectivity index (χ4v) is 2.84. The smallest absolute Gasteiger partial charge is 0.139 e. The van der Waals surface area contributed by atoms with Gasteiger partial charge in [0.25, 0.3) is 0 Å². The Balaban J connectivity index is 2.55. The lowest BCUT2D eigenvalue weighted by molar-refractivity contribution is 0.0719. The van der Waals surface area contributed by atoms with Gasteiger partial charge in [0, 0.05) is 23.0 Å². The fraction of sp³-hybridized carbons (Fsp3) is 0.455. The van der Waals surface area contributed by atoms with Gasteiger partial charge >= 0.3 is 0 Å². The highest BCUT2D eigenvalue weighted by atomic mass is 79.9. The zero-order valence-corrected chi connectivity index (χ0v) is 11.0. The molecular formula is C11H13BrClNO. The Morgan fingerprint density at radius 3 is 2.87 bits per heavy atom. The van der Waals surface area contributed by atoms with E-state index in [1.54, 1.807) is 0 Å². The van der Waals surface area contributed by atoms with Crippen LogP contribution < -0.4 is 10.5 Å². The van der Waals surface area contributed by atoms with Crippen molar-refractivity contribution in [3.8, 4) is 5.75 Å². The Labute approximate surface area is 103 Å². The van der Waals surface area contributed by atoms with Crippen LogP contribution in [0.25, 0.3) is 0 Å². The summed E-state index contributed by atoms with van der Waals surface area (Å²) in [5.74, 6) is 0.822. The van der Waals surface area contributed by atoms with Crippen molar-refractivity contribution in [3.05, 3.63) is 27.2 Å². The third-order valence-electron chi connectivity index (χ3n) is 2.53. The minimum Gasteiger partial charge on any atom is -0.486 e. The molecule has 0 spiro atoms. The molecule has 1 atom stereocenters. The number of rotatable bonds is 0. The van der Waals surface area contributed by atoms with E-state index < -0.39 is 0 Å². The molecule has 1 unspecified atom stereocenters. The Morgan fingerprint density at radius 1 is 1.53 bits per heavy atom. The van der Waals surface area contributed by atoms with Gasteiger partial charge in [0.1, 0.15) is 11.4 Å². The summed E-state index contributed by atoms with van der Waals surface area (Å²) in [6.45, 7) is 4.08. The molecule has 2 nitrogen and oxygen atoms in total. The second kappa shape index (κ2) is 3.65. The quantitative estimate of drug-likeness (QED) is 0.791. The molecule has 1 heterocycles. The summed E-state index contributed by atoms with van der Waals surface area (Å²) < 4.78 is 6.76. The van der Waals surface area contributed by atoms with Gasteiger partial charge in [-0.1, -0.05) is 11.6 Å². The number of hydrogen-bond donors (Lipinski definition) is 1. The number of ether oxygens (including phenoxy) is 1. The Morgan fingerprint density at radius 2 is 2.20 bits per heavy atom. The third kappa shape index (κ3) is 2.14. The summed E-state index contributed by atoms with van der Waals surface area (Å²) in [4.78, 5) is 0. The molecule has 0 radical (unpaired) electrons. The first-order valence-corrected chi connectivity index (χ1v) is 6.00. The third-order valence-corrected chi connectivity index (χ3v) is 3.33. The van der Waals surface area contributed by atoms with Crippen molar-refractivity contribution in [3.63, 3.8) is 0 Å². The summed E-state index contributed by atoms with van der Waals surface area (Å²) in [7, 11) is 0. The Kier molecular flexibility index (Phi) is 2.73. The number of hydrogen-bond acceptors (Lipinski definition) is 2. The first-order valence-electron chi connectivity index (χ1n) is 4.82. The molecule has 82 valence electrons. The van der Waals surface area contributed by atoms with Crippen molar-refractivity contribution in [2.45, 2.75) is 31.9 Å². The number of benzene rings is 1. The van der Waals surface area contributed by atoms with E-state index in [1.165, 1.54) is 0 Å². The maximum absolute atomic E-state index is 6.10. The van der Waals surface area contributed by atoms with E-state index >= 15 is 0 Å². The minimum atomic E-state index is -0.219. The molecule has 0 saturated carbocycles. The maximum atomic E-state index is 6.10. The van der Waals surface area contributed by atoms with E-state index in [0.717, 1.165) is 22.2 Å². The molecule has 2 N–H and O–H groups in total. The van der Waals surface area contributed by atoms with Crippen LogP contribution in [0.3, 0.4) is 0 Å². The predicted octanol–water partition coefficient (Wildman–Crippen LogP) is 3.66. The van der Waals surface area contributed by atoms with Gasteiger partial charge in [-0.25, -0.2) is 0 Å². The average Bonchev–Trinajstić information content (AvgIpc) is 2.06. The van der Waals surface area contributed by atoms with Crippen LogP contribution >= 0.6 is 27.5 Å². The summed E-state index contributed by atoms with van der Waals surface area (Å²) in [6, 6.07) is 3.69. The second-order valence-corrected chi connectivity index (χ2v) is 5.77. The fourth-order valence-electron chi connectivity index (χ4n) is 1.92. The first-order chi connectivity index (χ1) is 6.89. The van der Waals surface area contributed by atoms with Gasteiger partial charge in [0.05, 0.1) is 4.47 Å². The van der Waals surface area contributed by atoms with Gasteiger partial charge in [-0.2, -0.15) is 0 Å². The summed E-state index contributed by atoms with van der Waals surface area (Å²) in [5.41, 5.74) is 6.86. The van der Waals surface area contributed by atoms with Crippen LogP contribution in [0.5, 0.6) is 5.75 Å². The predicted molar refractivity (Wildman–Crippen MR) is 65.4 cm³/mol. The zero-order valence-electron chi connectivity index (χ0n) is 8.68. The highest BCUT2D eigenvalue weighted by Gasteiger charge is 2.33. The number of fused-ring (bicyclic) bond motifs is 1. The van der Waals surface area contributed by atoms with Crippen LogP contribution in [0, 0.1) is 0 Å². The molecule has 0 bridgehead atoms. The van der Waals surface area contributed by atoms with Crippen molar-refractivity contribution in [2.24, 2.45) is 5.73 Å². The highest BCUT2D eigenvalue weighted by Crippen LogP contribution is 2.43. The molecule has 0 aromatic heterocycles. The van der Waals surface area contributed by atoms with Crippen LogP contribution in [0.15, 0.2) is 16.6 Å². The molecule has 0 fully saturated rings. The lowest BCUT2D eigenvalue weighted by Crippen LogP contribution is -2.37. The lowest BCUT2D eigenvalue weighted by Gasteiger charge is -2.36. The number of halogens is 2. The maximum Gasteiger partial charge on any atom is 0.139 e. The largest absolute Gasteiger partial charge is 0.486 e. The molecule has 15 heavy (non-hydrogen) atoms. The standard InChI is InChI=1S/C11H13BrClNO/c1-11(2)5-9(14)7-3-6(13)4-8(12)10(7)15-11/h3-4,9H,5,14H2,1-2H3. The van der Waals surface area contributed by atoms with Gasteiger partial charge in [-0.3, -0.25) is 0 Å². The van der Waals surface area contributed by atoms with E-state index in [0.29, 0.717) is 5.02 Å². The van der Waals surface area contributed by atoms with E-state index in [2.05, 4.69) is 15.9 Å².